The predicted molar refractivity (Wildman–Crippen MR) is 341 cm³/mol. The molecule has 2 heterocycles. The Bertz CT molecular complexity index is 1550. The number of aliphatic hydroxyl groups excluding tert-OH is 8. The lowest BCUT2D eigenvalue weighted by Crippen LogP contribution is -2.65. The number of ether oxygens (including phenoxy) is 4. The summed E-state index contributed by atoms with van der Waals surface area (Å²) in [5, 5.41) is 87.3. The van der Waals surface area contributed by atoms with Gasteiger partial charge in [0.25, 0.3) is 0 Å². The molecule has 2 saturated heterocycles. The minimum Gasteiger partial charge on any atom is -0.394 e. The van der Waals surface area contributed by atoms with Crippen molar-refractivity contribution in [2.45, 2.75) is 383 Å². The summed E-state index contributed by atoms with van der Waals surface area (Å²) in [5.41, 5.74) is 0. The molecule has 12 unspecified atom stereocenters. The molecule has 0 aromatic heterocycles. The molecule has 2 rings (SSSR count). The van der Waals surface area contributed by atoms with E-state index in [1.807, 2.05) is 6.08 Å². The van der Waals surface area contributed by atoms with Gasteiger partial charge in [0.05, 0.1) is 32.0 Å². The Morgan fingerprint density at radius 1 is 0.417 bits per heavy atom. The van der Waals surface area contributed by atoms with Crippen LogP contribution in [-0.4, -0.2) is 140 Å². The van der Waals surface area contributed by atoms with E-state index >= 15 is 0 Å². The smallest absolute Gasteiger partial charge is 0.220 e. The largest absolute Gasteiger partial charge is 0.394 e. The van der Waals surface area contributed by atoms with E-state index in [-0.39, 0.29) is 18.9 Å². The van der Waals surface area contributed by atoms with E-state index in [0.29, 0.717) is 12.8 Å². The van der Waals surface area contributed by atoms with Crippen LogP contribution in [0.25, 0.3) is 0 Å². The van der Waals surface area contributed by atoms with Crippen molar-refractivity contribution in [1.82, 2.24) is 5.32 Å². The summed E-state index contributed by atoms with van der Waals surface area (Å²) < 4.78 is 22.8. The second-order valence-electron chi connectivity index (χ2n) is 25.0. The maximum atomic E-state index is 13.3. The molecule has 0 spiro atoms. The van der Waals surface area contributed by atoms with Crippen LogP contribution in [-0.2, 0) is 23.7 Å². The Hall–Kier alpha value is -1.79. The Morgan fingerprint density at radius 2 is 0.762 bits per heavy atom. The number of allylic oxidation sites excluding steroid dienone is 5. The number of amides is 1. The molecule has 0 bridgehead atoms. The summed E-state index contributed by atoms with van der Waals surface area (Å²) in [7, 11) is 0. The molecule has 0 aromatic rings. The van der Waals surface area contributed by atoms with E-state index in [1.165, 1.54) is 231 Å². The number of hydrogen-bond donors (Lipinski definition) is 9. The van der Waals surface area contributed by atoms with Gasteiger partial charge in [0.2, 0.25) is 5.91 Å². The van der Waals surface area contributed by atoms with Crippen molar-refractivity contribution in [3.63, 3.8) is 0 Å². The van der Waals surface area contributed by atoms with Crippen molar-refractivity contribution in [3.05, 3.63) is 36.5 Å². The fourth-order valence-electron chi connectivity index (χ4n) is 11.7. The molecular weight excluding hydrogens is 1060 g/mol. The Balaban J connectivity index is 1.68. The standard InChI is InChI=1S/C70H131NO13/c1-3-5-7-9-11-13-15-17-19-21-23-24-25-26-27-28-29-30-31-32-33-34-35-36-37-39-41-43-45-47-49-51-53-59(74)58(71-62(75)54-52-50-48-46-44-42-40-38-22-20-18-16-14-12-10-8-6-4-2)57-81-69-67(80)65(78)68(61(56-73)83-69)84-70-66(79)64(77)63(76)60(55-72)82-70/h36-37,43,45,51,53,58-61,63-70,72-74,76-80H,3-35,38-42,44,46-50,52,54-57H2,1-2H3,(H,71,75)/b37-36+,45-43+,53-51+. The van der Waals surface area contributed by atoms with Crippen LogP contribution in [0.2, 0.25) is 0 Å². The highest BCUT2D eigenvalue weighted by molar-refractivity contribution is 5.76. The van der Waals surface area contributed by atoms with Gasteiger partial charge in [-0.05, 0) is 44.9 Å². The van der Waals surface area contributed by atoms with E-state index in [1.54, 1.807) is 6.08 Å². The third-order valence-electron chi connectivity index (χ3n) is 17.3. The first-order valence-corrected chi connectivity index (χ1v) is 35.2. The predicted octanol–water partition coefficient (Wildman–Crippen LogP) is 14.1. The number of rotatable bonds is 58. The number of nitrogens with one attached hydrogen (secondary N) is 1. The van der Waals surface area contributed by atoms with Crippen LogP contribution in [0.1, 0.15) is 309 Å². The van der Waals surface area contributed by atoms with Crippen LogP contribution >= 0.6 is 0 Å². The number of carbonyl (C=O) groups is 1. The first-order valence-electron chi connectivity index (χ1n) is 35.2. The van der Waals surface area contributed by atoms with Crippen molar-refractivity contribution in [2.75, 3.05) is 19.8 Å². The molecule has 2 aliphatic heterocycles. The van der Waals surface area contributed by atoms with Crippen LogP contribution in [0.15, 0.2) is 36.5 Å². The van der Waals surface area contributed by atoms with Crippen molar-refractivity contribution in [1.29, 1.82) is 0 Å². The quantitative estimate of drug-likeness (QED) is 0.0204. The summed E-state index contributed by atoms with van der Waals surface area (Å²) in [6.07, 6.45) is 53.6. The van der Waals surface area contributed by atoms with Gasteiger partial charge in [0.15, 0.2) is 12.6 Å². The van der Waals surface area contributed by atoms with Crippen molar-refractivity contribution < 1.29 is 64.6 Å². The molecule has 0 saturated carbocycles. The van der Waals surface area contributed by atoms with Crippen LogP contribution in [0.5, 0.6) is 0 Å². The minimum atomic E-state index is -1.79. The molecule has 0 aromatic carbocycles. The summed E-state index contributed by atoms with van der Waals surface area (Å²) in [4.78, 5) is 13.3. The average Bonchev–Trinajstić information content (AvgIpc) is 3.64. The molecule has 12 atom stereocenters. The maximum Gasteiger partial charge on any atom is 0.220 e. The van der Waals surface area contributed by atoms with Crippen LogP contribution < -0.4 is 5.32 Å². The lowest BCUT2D eigenvalue weighted by Gasteiger charge is -2.46. The van der Waals surface area contributed by atoms with Crippen LogP contribution in [0.4, 0.5) is 0 Å². The second-order valence-corrected chi connectivity index (χ2v) is 25.0. The third kappa shape index (κ3) is 39.3. The monoisotopic (exact) mass is 1190 g/mol. The highest BCUT2D eigenvalue weighted by Crippen LogP contribution is 2.30. The molecule has 2 fully saturated rings. The molecule has 14 heteroatoms. The molecule has 2 aliphatic rings. The zero-order valence-corrected chi connectivity index (χ0v) is 53.7. The number of unbranched alkanes of at least 4 members (excludes halogenated alkanes) is 41. The average molecular weight is 1190 g/mol. The highest BCUT2D eigenvalue weighted by Gasteiger charge is 2.51. The Labute approximate surface area is 512 Å². The molecule has 0 radical (unpaired) electrons. The van der Waals surface area contributed by atoms with Gasteiger partial charge in [0, 0.05) is 6.42 Å². The number of aliphatic hydroxyl groups is 8. The first kappa shape index (κ1) is 78.3. The van der Waals surface area contributed by atoms with Gasteiger partial charge in [0.1, 0.15) is 48.8 Å². The van der Waals surface area contributed by atoms with Gasteiger partial charge in [-0.2, -0.15) is 0 Å². The molecule has 14 nitrogen and oxygen atoms in total. The normalized spacial score (nSPS) is 23.8. The van der Waals surface area contributed by atoms with Gasteiger partial charge in [-0.25, -0.2) is 0 Å². The summed E-state index contributed by atoms with van der Waals surface area (Å²) in [5.74, 6) is -0.248. The van der Waals surface area contributed by atoms with Gasteiger partial charge >= 0.3 is 0 Å². The molecule has 9 N–H and O–H groups in total. The molecule has 494 valence electrons. The number of hydrogen-bond acceptors (Lipinski definition) is 13. The third-order valence-corrected chi connectivity index (χ3v) is 17.3. The molecule has 0 aliphatic carbocycles. The van der Waals surface area contributed by atoms with E-state index in [0.717, 1.165) is 44.9 Å². The molecule has 84 heavy (non-hydrogen) atoms. The topological polar surface area (TPSA) is 228 Å². The van der Waals surface area contributed by atoms with E-state index in [9.17, 15) is 45.6 Å². The summed E-state index contributed by atoms with van der Waals surface area (Å²) in [6, 6.07) is -0.936. The second kappa shape index (κ2) is 55.3. The minimum absolute atomic E-state index is 0.248. The van der Waals surface area contributed by atoms with Crippen LogP contribution in [0.3, 0.4) is 0 Å². The van der Waals surface area contributed by atoms with Crippen molar-refractivity contribution in [2.24, 2.45) is 0 Å². The van der Waals surface area contributed by atoms with E-state index in [4.69, 9.17) is 18.9 Å². The Morgan fingerprint density at radius 3 is 1.17 bits per heavy atom. The maximum absolute atomic E-state index is 13.3. The number of carbonyl (C=O) groups excluding carboxylic acids is 1. The lowest BCUT2D eigenvalue weighted by molar-refractivity contribution is -0.359. The first-order chi connectivity index (χ1) is 41.1. The van der Waals surface area contributed by atoms with Gasteiger partial charge < -0.3 is 65.1 Å². The zero-order chi connectivity index (χ0) is 60.9. The fourth-order valence-corrected chi connectivity index (χ4v) is 11.7. The Kier molecular flexibility index (Phi) is 51.5. The van der Waals surface area contributed by atoms with Gasteiger partial charge in [-0.15, -0.1) is 0 Å². The summed E-state index contributed by atoms with van der Waals surface area (Å²) >= 11 is 0. The van der Waals surface area contributed by atoms with Crippen molar-refractivity contribution >= 4 is 5.91 Å². The van der Waals surface area contributed by atoms with Gasteiger partial charge in [-0.1, -0.05) is 294 Å². The molecule has 1 amide bonds. The van der Waals surface area contributed by atoms with Crippen LogP contribution in [0, 0.1) is 0 Å². The van der Waals surface area contributed by atoms with E-state index < -0.39 is 86.8 Å². The zero-order valence-electron chi connectivity index (χ0n) is 53.7. The molecular formula is C70H131NO13. The fraction of sp³-hybridized carbons (Fsp3) is 0.900. The SMILES string of the molecule is CCCCCCCCCCCCCCCCCCCCCCCC/C=C/CC/C=C/CC/C=C/C(O)C(COC1OC(CO)C(OC2OC(CO)C(O)C(O)C2O)C(O)C1O)NC(=O)CCCCCCCCCCCCCCCCCCCC. The summed E-state index contributed by atoms with van der Waals surface area (Å²) in [6.45, 7) is 2.82. The van der Waals surface area contributed by atoms with Gasteiger partial charge in [-0.3, -0.25) is 4.79 Å². The lowest BCUT2D eigenvalue weighted by atomic mass is 9.97. The highest BCUT2D eigenvalue weighted by atomic mass is 16.7. The van der Waals surface area contributed by atoms with E-state index in [2.05, 4.69) is 43.5 Å². The van der Waals surface area contributed by atoms with Crippen molar-refractivity contribution in [3.8, 4) is 0 Å².